The molecule has 3 aromatic rings. The summed E-state index contributed by atoms with van der Waals surface area (Å²) in [4.78, 5) is 12.5. The topological polar surface area (TPSA) is 52.2 Å². The van der Waals surface area contributed by atoms with Gasteiger partial charge in [-0.05, 0) is 30.7 Å². The van der Waals surface area contributed by atoms with Crippen LogP contribution in [0.25, 0.3) is 11.3 Å². The van der Waals surface area contributed by atoms with E-state index >= 15 is 0 Å². The summed E-state index contributed by atoms with van der Waals surface area (Å²) in [5.41, 5.74) is 0.530. The quantitative estimate of drug-likeness (QED) is 0.412. The summed E-state index contributed by atoms with van der Waals surface area (Å²) in [5, 5.41) is 8.67. The van der Waals surface area contributed by atoms with E-state index in [1.807, 2.05) is 6.08 Å². The van der Waals surface area contributed by atoms with Gasteiger partial charge in [0, 0.05) is 23.8 Å². The van der Waals surface area contributed by atoms with E-state index in [9.17, 15) is 9.18 Å². The van der Waals surface area contributed by atoms with Crippen LogP contribution in [0.15, 0.2) is 59.3 Å². The fourth-order valence-corrected chi connectivity index (χ4v) is 2.86. The zero-order valence-corrected chi connectivity index (χ0v) is 12.5. The van der Waals surface area contributed by atoms with Gasteiger partial charge in [0.05, 0.1) is 0 Å². The molecule has 5 nitrogen and oxygen atoms in total. The molecule has 0 amide bonds. The predicted octanol–water partition coefficient (Wildman–Crippen LogP) is 2.69. The maximum Gasteiger partial charge on any atom is 0.300 e. The van der Waals surface area contributed by atoms with Crippen LogP contribution >= 0.6 is 11.8 Å². The van der Waals surface area contributed by atoms with Crippen molar-refractivity contribution in [1.82, 2.24) is 19.2 Å². The molecule has 0 radical (unpaired) electrons. The number of halogens is 1. The molecule has 112 valence electrons. The van der Waals surface area contributed by atoms with E-state index in [-0.39, 0.29) is 17.0 Å². The zero-order chi connectivity index (χ0) is 15.5. The fourth-order valence-electron chi connectivity index (χ4n) is 2.00. The van der Waals surface area contributed by atoms with Gasteiger partial charge in [-0.25, -0.2) is 4.39 Å². The van der Waals surface area contributed by atoms with Crippen molar-refractivity contribution in [3.8, 4) is 5.69 Å². The maximum atomic E-state index is 13.0. The molecule has 0 aliphatic rings. The SMILES string of the molecule is C=CCCSc1nnc2c(=O)n(-c3ccc(F)cc3)ccn12. The Balaban J connectivity index is 2.02. The second kappa shape index (κ2) is 6.15. The Labute approximate surface area is 130 Å². The van der Waals surface area contributed by atoms with Gasteiger partial charge in [0.2, 0.25) is 5.65 Å². The van der Waals surface area contributed by atoms with Crippen molar-refractivity contribution < 1.29 is 4.39 Å². The van der Waals surface area contributed by atoms with Gasteiger partial charge >= 0.3 is 5.56 Å². The summed E-state index contributed by atoms with van der Waals surface area (Å²) < 4.78 is 16.1. The molecule has 22 heavy (non-hydrogen) atoms. The highest BCUT2D eigenvalue weighted by molar-refractivity contribution is 7.99. The monoisotopic (exact) mass is 316 g/mol. The molecular weight excluding hydrogens is 303 g/mol. The van der Waals surface area contributed by atoms with Crippen LogP contribution < -0.4 is 5.56 Å². The number of hydrogen-bond donors (Lipinski definition) is 0. The van der Waals surface area contributed by atoms with Gasteiger partial charge in [0.15, 0.2) is 5.16 Å². The molecule has 0 aliphatic carbocycles. The lowest BCUT2D eigenvalue weighted by molar-refractivity contribution is 0.627. The van der Waals surface area contributed by atoms with Crippen LogP contribution in [0.4, 0.5) is 4.39 Å². The first-order valence-electron chi connectivity index (χ1n) is 6.67. The van der Waals surface area contributed by atoms with Crippen LogP contribution in [0, 0.1) is 5.82 Å². The molecule has 0 bridgehead atoms. The lowest BCUT2D eigenvalue weighted by Crippen LogP contribution is -2.20. The van der Waals surface area contributed by atoms with Gasteiger partial charge in [-0.1, -0.05) is 17.8 Å². The highest BCUT2D eigenvalue weighted by Gasteiger charge is 2.11. The molecule has 0 atom stereocenters. The highest BCUT2D eigenvalue weighted by Crippen LogP contribution is 2.17. The predicted molar refractivity (Wildman–Crippen MR) is 84.1 cm³/mol. The molecule has 0 N–H and O–H groups in total. The van der Waals surface area contributed by atoms with E-state index < -0.39 is 0 Å². The molecular formula is C15H13FN4OS. The van der Waals surface area contributed by atoms with Crippen molar-refractivity contribution in [1.29, 1.82) is 0 Å². The molecule has 2 heterocycles. The van der Waals surface area contributed by atoms with Crippen molar-refractivity contribution in [2.24, 2.45) is 0 Å². The number of fused-ring (bicyclic) bond motifs is 1. The Kier molecular flexibility index (Phi) is 4.06. The number of thioether (sulfide) groups is 1. The van der Waals surface area contributed by atoms with E-state index in [2.05, 4.69) is 16.8 Å². The Bertz CT molecular complexity index is 869. The number of aromatic nitrogens is 4. The molecule has 3 rings (SSSR count). The van der Waals surface area contributed by atoms with Crippen LogP contribution in [-0.2, 0) is 0 Å². The minimum atomic E-state index is -0.346. The van der Waals surface area contributed by atoms with Gasteiger partial charge in [-0.15, -0.1) is 16.8 Å². The molecule has 0 spiro atoms. The molecule has 0 aliphatic heterocycles. The van der Waals surface area contributed by atoms with E-state index in [0.29, 0.717) is 10.8 Å². The van der Waals surface area contributed by atoms with Gasteiger partial charge < -0.3 is 0 Å². The van der Waals surface area contributed by atoms with Gasteiger partial charge in [-0.2, -0.15) is 0 Å². The fraction of sp³-hybridized carbons (Fsp3) is 0.133. The molecule has 2 aromatic heterocycles. The van der Waals surface area contributed by atoms with Crippen LogP contribution in [0.5, 0.6) is 0 Å². The smallest absolute Gasteiger partial charge is 0.280 e. The van der Waals surface area contributed by atoms with Crippen molar-refractivity contribution in [3.05, 3.63) is 65.5 Å². The van der Waals surface area contributed by atoms with Gasteiger partial charge in [0.25, 0.3) is 0 Å². The summed E-state index contributed by atoms with van der Waals surface area (Å²) in [6.45, 7) is 3.67. The standard InChI is InChI=1S/C15H13FN4OS/c1-2-3-10-22-15-18-17-13-14(21)19(8-9-20(13)15)12-6-4-11(16)5-7-12/h2,4-9H,1,3,10H2. The zero-order valence-electron chi connectivity index (χ0n) is 11.6. The molecule has 7 heteroatoms. The van der Waals surface area contributed by atoms with E-state index in [0.717, 1.165) is 12.2 Å². The van der Waals surface area contributed by atoms with Crippen LogP contribution in [0.1, 0.15) is 6.42 Å². The second-order valence-electron chi connectivity index (χ2n) is 4.55. The molecule has 0 fully saturated rings. The third kappa shape index (κ3) is 2.67. The summed E-state index contributed by atoms with van der Waals surface area (Å²) >= 11 is 1.51. The number of nitrogens with zero attached hydrogens (tertiary/aromatic N) is 4. The summed E-state index contributed by atoms with van der Waals surface area (Å²) in [6.07, 6.45) is 6.05. The Morgan fingerprint density at radius 3 is 2.73 bits per heavy atom. The Morgan fingerprint density at radius 2 is 2.00 bits per heavy atom. The Hall–Kier alpha value is -2.41. The molecule has 0 saturated heterocycles. The lowest BCUT2D eigenvalue weighted by atomic mass is 10.3. The van der Waals surface area contributed by atoms with E-state index in [4.69, 9.17) is 0 Å². The first-order valence-corrected chi connectivity index (χ1v) is 7.65. The summed E-state index contributed by atoms with van der Waals surface area (Å²) in [7, 11) is 0. The Morgan fingerprint density at radius 1 is 1.23 bits per heavy atom. The minimum absolute atomic E-state index is 0.243. The normalized spacial score (nSPS) is 11.0. The number of allylic oxidation sites excluding steroid dienone is 1. The summed E-state index contributed by atoms with van der Waals surface area (Å²) in [5.74, 6) is 0.479. The number of hydrogen-bond acceptors (Lipinski definition) is 4. The molecule has 0 saturated carbocycles. The number of benzene rings is 1. The first-order chi connectivity index (χ1) is 10.7. The molecule has 1 aromatic carbocycles. The third-order valence-corrected chi connectivity index (χ3v) is 4.07. The first kappa shape index (κ1) is 14.5. The van der Waals surface area contributed by atoms with Crippen LogP contribution in [-0.4, -0.2) is 24.9 Å². The van der Waals surface area contributed by atoms with E-state index in [1.165, 1.54) is 28.5 Å². The maximum absolute atomic E-state index is 13.0. The van der Waals surface area contributed by atoms with Gasteiger partial charge in [-0.3, -0.25) is 13.8 Å². The van der Waals surface area contributed by atoms with Crippen molar-refractivity contribution >= 4 is 17.4 Å². The lowest BCUT2D eigenvalue weighted by Gasteiger charge is -2.06. The second-order valence-corrected chi connectivity index (χ2v) is 5.61. The number of rotatable bonds is 5. The van der Waals surface area contributed by atoms with Crippen LogP contribution in [0.2, 0.25) is 0 Å². The molecule has 0 unspecified atom stereocenters. The van der Waals surface area contributed by atoms with Crippen LogP contribution in [0.3, 0.4) is 0 Å². The average Bonchev–Trinajstić information content (AvgIpc) is 2.93. The summed E-state index contributed by atoms with van der Waals surface area (Å²) in [6, 6.07) is 5.71. The highest BCUT2D eigenvalue weighted by atomic mass is 32.2. The third-order valence-electron chi connectivity index (χ3n) is 3.10. The van der Waals surface area contributed by atoms with Crippen molar-refractivity contribution in [3.63, 3.8) is 0 Å². The minimum Gasteiger partial charge on any atom is -0.280 e. The average molecular weight is 316 g/mol. The van der Waals surface area contributed by atoms with Gasteiger partial charge in [0.1, 0.15) is 5.82 Å². The van der Waals surface area contributed by atoms with Crippen molar-refractivity contribution in [2.45, 2.75) is 11.6 Å². The van der Waals surface area contributed by atoms with E-state index in [1.54, 1.807) is 28.9 Å². The largest absolute Gasteiger partial charge is 0.300 e. The van der Waals surface area contributed by atoms with Crippen molar-refractivity contribution in [2.75, 3.05) is 5.75 Å².